The summed E-state index contributed by atoms with van der Waals surface area (Å²) < 4.78 is 17.9. The van der Waals surface area contributed by atoms with E-state index < -0.39 is 8.80 Å². The Labute approximate surface area is 108 Å². The molecule has 0 aliphatic rings. The molecule has 17 heavy (non-hydrogen) atoms. The van der Waals surface area contributed by atoms with Gasteiger partial charge in [0.2, 0.25) is 0 Å². The molecule has 0 saturated carbocycles. The van der Waals surface area contributed by atoms with E-state index in [0.717, 1.165) is 12.8 Å². The van der Waals surface area contributed by atoms with E-state index in [1.54, 1.807) is 0 Å². The Kier molecular flexibility index (Phi) is 10.1. The van der Waals surface area contributed by atoms with Gasteiger partial charge in [-0.2, -0.15) is 0 Å². The normalized spacial score (nSPS) is 13.9. The summed E-state index contributed by atoms with van der Waals surface area (Å²) in [5.74, 6) is 0. The predicted molar refractivity (Wildman–Crippen MR) is 74.2 cm³/mol. The second-order valence-corrected chi connectivity index (χ2v) is 7.04. The van der Waals surface area contributed by atoms with Crippen molar-refractivity contribution >= 4 is 8.80 Å². The summed E-state index contributed by atoms with van der Waals surface area (Å²) in [4.78, 5) is 0. The van der Waals surface area contributed by atoms with Crippen molar-refractivity contribution in [3.8, 4) is 0 Å². The van der Waals surface area contributed by atoms with Crippen LogP contribution in [0.15, 0.2) is 0 Å². The third-order valence-electron chi connectivity index (χ3n) is 2.94. The Hall–Kier alpha value is 0.0969. The van der Waals surface area contributed by atoms with Crippen molar-refractivity contribution in [2.24, 2.45) is 0 Å². The fraction of sp³-hybridized carbons (Fsp3) is 1.00. The molecule has 0 aromatic heterocycles. The molecule has 1 atom stereocenters. The van der Waals surface area contributed by atoms with Crippen LogP contribution in [0.3, 0.4) is 0 Å². The first kappa shape index (κ1) is 17.1. The first-order valence-electron chi connectivity index (χ1n) is 7.12. The van der Waals surface area contributed by atoms with Crippen LogP contribution in [-0.2, 0) is 13.3 Å². The molecule has 0 bridgehead atoms. The van der Waals surface area contributed by atoms with E-state index in [-0.39, 0.29) is 0 Å². The molecule has 0 rings (SSSR count). The average molecular weight is 262 g/mol. The summed E-state index contributed by atoms with van der Waals surface area (Å²) in [6, 6.07) is 0. The lowest BCUT2D eigenvalue weighted by molar-refractivity contribution is 0.0589. The van der Waals surface area contributed by atoms with Crippen LogP contribution in [0.1, 0.15) is 60.3 Å². The van der Waals surface area contributed by atoms with Crippen molar-refractivity contribution < 1.29 is 13.3 Å². The second kappa shape index (κ2) is 10.1. The molecule has 0 radical (unpaired) electrons. The van der Waals surface area contributed by atoms with Gasteiger partial charge in [0, 0.05) is 25.4 Å². The molecule has 0 heterocycles. The Morgan fingerprint density at radius 3 is 1.59 bits per heavy atom. The molecule has 104 valence electrons. The molecule has 1 unspecified atom stereocenters. The van der Waals surface area contributed by atoms with Crippen LogP contribution in [0.5, 0.6) is 0 Å². The quantitative estimate of drug-likeness (QED) is 0.527. The van der Waals surface area contributed by atoms with Crippen LogP contribution in [-0.4, -0.2) is 28.6 Å². The Balaban J connectivity index is 4.76. The minimum Gasteiger partial charge on any atom is -0.374 e. The maximum atomic E-state index is 5.95. The zero-order valence-electron chi connectivity index (χ0n) is 12.3. The number of hydrogen-bond donors (Lipinski definition) is 0. The Morgan fingerprint density at radius 2 is 1.29 bits per heavy atom. The largest absolute Gasteiger partial charge is 0.504 e. The lowest BCUT2D eigenvalue weighted by Crippen LogP contribution is -2.50. The fourth-order valence-electron chi connectivity index (χ4n) is 2.16. The molecule has 4 heteroatoms. The van der Waals surface area contributed by atoms with E-state index in [0.29, 0.717) is 25.4 Å². The summed E-state index contributed by atoms with van der Waals surface area (Å²) in [5.41, 5.74) is 0.447. The van der Waals surface area contributed by atoms with E-state index in [4.69, 9.17) is 13.3 Å². The molecular weight excluding hydrogens is 232 g/mol. The Bertz CT molecular complexity index is 159. The van der Waals surface area contributed by atoms with Crippen molar-refractivity contribution in [3.05, 3.63) is 0 Å². The Morgan fingerprint density at radius 1 is 0.824 bits per heavy atom. The van der Waals surface area contributed by atoms with Gasteiger partial charge in [-0.15, -0.1) is 0 Å². The van der Waals surface area contributed by atoms with Crippen LogP contribution in [0.2, 0.25) is 5.54 Å². The van der Waals surface area contributed by atoms with Gasteiger partial charge in [-0.1, -0.05) is 26.7 Å². The molecule has 0 aromatic rings. The first-order chi connectivity index (χ1) is 8.20. The molecule has 0 amide bonds. The summed E-state index contributed by atoms with van der Waals surface area (Å²) in [6.45, 7) is 12.5. The highest BCUT2D eigenvalue weighted by atomic mass is 28.4. The van der Waals surface area contributed by atoms with Gasteiger partial charge < -0.3 is 13.3 Å². The first-order valence-corrected chi connectivity index (χ1v) is 8.92. The maximum absolute atomic E-state index is 5.95. The molecule has 0 saturated heterocycles. The highest BCUT2D eigenvalue weighted by molar-refractivity contribution is 6.62. The van der Waals surface area contributed by atoms with Crippen molar-refractivity contribution in [2.45, 2.75) is 65.8 Å². The van der Waals surface area contributed by atoms with E-state index in [1.165, 1.54) is 12.8 Å². The van der Waals surface area contributed by atoms with E-state index in [9.17, 15) is 0 Å². The highest BCUT2D eigenvalue weighted by Crippen LogP contribution is 2.33. The van der Waals surface area contributed by atoms with Gasteiger partial charge in [0.15, 0.2) is 0 Å². The second-order valence-electron chi connectivity index (χ2n) is 4.15. The molecule has 0 N–H and O–H groups in total. The lowest BCUT2D eigenvalue weighted by Gasteiger charge is -2.34. The molecule has 0 fully saturated rings. The van der Waals surface area contributed by atoms with Gasteiger partial charge in [-0.25, -0.2) is 0 Å². The summed E-state index contributed by atoms with van der Waals surface area (Å²) in [6.07, 6.45) is 4.66. The van der Waals surface area contributed by atoms with Crippen LogP contribution in [0.4, 0.5) is 0 Å². The van der Waals surface area contributed by atoms with Gasteiger partial charge >= 0.3 is 8.80 Å². The van der Waals surface area contributed by atoms with Gasteiger partial charge in [-0.3, -0.25) is 0 Å². The van der Waals surface area contributed by atoms with Crippen LogP contribution in [0, 0.1) is 0 Å². The van der Waals surface area contributed by atoms with Crippen LogP contribution >= 0.6 is 0 Å². The van der Waals surface area contributed by atoms with Gasteiger partial charge in [0.25, 0.3) is 0 Å². The van der Waals surface area contributed by atoms with Crippen molar-refractivity contribution in [1.82, 2.24) is 0 Å². The van der Waals surface area contributed by atoms with Crippen LogP contribution in [0.25, 0.3) is 0 Å². The zero-order chi connectivity index (χ0) is 13.1. The molecule has 0 aliphatic heterocycles. The third-order valence-corrected chi connectivity index (χ3v) is 6.71. The smallest absolute Gasteiger partial charge is 0.374 e. The molecule has 0 spiro atoms. The van der Waals surface area contributed by atoms with Crippen molar-refractivity contribution in [1.29, 1.82) is 0 Å². The third kappa shape index (κ3) is 5.51. The summed E-state index contributed by atoms with van der Waals surface area (Å²) in [7, 11) is -2.46. The number of rotatable bonds is 11. The van der Waals surface area contributed by atoms with Crippen molar-refractivity contribution in [2.75, 3.05) is 19.8 Å². The zero-order valence-corrected chi connectivity index (χ0v) is 13.3. The van der Waals surface area contributed by atoms with E-state index in [2.05, 4.69) is 13.8 Å². The predicted octanol–water partition coefficient (Wildman–Crippen LogP) is 4.01. The van der Waals surface area contributed by atoms with Crippen molar-refractivity contribution in [3.63, 3.8) is 0 Å². The number of hydrogen-bond acceptors (Lipinski definition) is 3. The number of unbranched alkanes of at least 4 members (excludes halogenated alkanes) is 1. The lowest BCUT2D eigenvalue weighted by atomic mass is 10.2. The fourth-order valence-corrected chi connectivity index (χ4v) is 5.39. The van der Waals surface area contributed by atoms with Crippen LogP contribution < -0.4 is 0 Å². The van der Waals surface area contributed by atoms with Gasteiger partial charge in [-0.05, 0) is 33.6 Å². The van der Waals surface area contributed by atoms with Gasteiger partial charge in [0.1, 0.15) is 0 Å². The minimum atomic E-state index is -2.46. The molecule has 3 nitrogen and oxygen atoms in total. The molecule has 0 aromatic carbocycles. The maximum Gasteiger partial charge on any atom is 0.504 e. The monoisotopic (exact) mass is 262 g/mol. The van der Waals surface area contributed by atoms with E-state index in [1.807, 2.05) is 20.8 Å². The standard InChI is InChI=1S/C13H30O3Si/c1-6-11-12-13(7-2)17(14-8-3,15-9-4)16-10-5/h13H,6-12H2,1-5H3. The summed E-state index contributed by atoms with van der Waals surface area (Å²) >= 11 is 0. The molecular formula is C13H30O3Si. The van der Waals surface area contributed by atoms with Gasteiger partial charge in [0.05, 0.1) is 0 Å². The highest BCUT2D eigenvalue weighted by Gasteiger charge is 2.47. The topological polar surface area (TPSA) is 27.7 Å². The average Bonchev–Trinajstić information content (AvgIpc) is 2.31. The minimum absolute atomic E-state index is 0.447. The SMILES string of the molecule is CCCCC(CC)[Si](OCC)(OCC)OCC. The molecule has 0 aliphatic carbocycles. The summed E-state index contributed by atoms with van der Waals surface area (Å²) in [5, 5.41) is 0. The van der Waals surface area contributed by atoms with E-state index >= 15 is 0 Å².